The Hall–Kier alpha value is -2.68. The van der Waals surface area contributed by atoms with E-state index in [2.05, 4.69) is 20.0 Å². The topological polar surface area (TPSA) is 66.8 Å². The van der Waals surface area contributed by atoms with Crippen molar-refractivity contribution in [2.24, 2.45) is 0 Å². The highest BCUT2D eigenvalue weighted by atomic mass is 19.4. The summed E-state index contributed by atoms with van der Waals surface area (Å²) in [5.41, 5.74) is -0.357. The zero-order valence-electron chi connectivity index (χ0n) is 15.1. The molecule has 1 aromatic carbocycles. The fraction of sp³-hybridized carbons (Fsp3) is 0.421. The molecule has 28 heavy (non-hydrogen) atoms. The van der Waals surface area contributed by atoms with Crippen molar-refractivity contribution in [1.82, 2.24) is 24.6 Å². The Morgan fingerprint density at radius 2 is 2.04 bits per heavy atom. The highest BCUT2D eigenvalue weighted by Crippen LogP contribution is 2.29. The maximum Gasteiger partial charge on any atom is 0.435 e. The van der Waals surface area contributed by atoms with Crippen LogP contribution in [0.25, 0.3) is 10.9 Å². The third kappa shape index (κ3) is 3.94. The van der Waals surface area contributed by atoms with Crippen LogP contribution in [0, 0.1) is 0 Å². The van der Waals surface area contributed by atoms with Gasteiger partial charge in [0.15, 0.2) is 5.69 Å². The van der Waals surface area contributed by atoms with Gasteiger partial charge in [0.2, 0.25) is 0 Å². The van der Waals surface area contributed by atoms with Gasteiger partial charge in [-0.3, -0.25) is 9.48 Å². The molecule has 3 aromatic rings. The predicted molar refractivity (Wildman–Crippen MR) is 98.0 cm³/mol. The van der Waals surface area contributed by atoms with Crippen LogP contribution in [0.15, 0.2) is 41.3 Å². The number of likely N-dealkylation sites (tertiary alicyclic amines) is 1. The van der Waals surface area contributed by atoms with E-state index in [1.807, 2.05) is 6.07 Å². The molecule has 0 bridgehead atoms. The highest BCUT2D eigenvalue weighted by molar-refractivity contribution is 5.77. The van der Waals surface area contributed by atoms with Crippen LogP contribution in [0.3, 0.4) is 0 Å². The summed E-state index contributed by atoms with van der Waals surface area (Å²) in [4.78, 5) is 21.7. The molecule has 0 spiro atoms. The summed E-state index contributed by atoms with van der Waals surface area (Å²) in [7, 11) is 0. The van der Waals surface area contributed by atoms with Gasteiger partial charge in [-0.2, -0.15) is 18.3 Å². The molecule has 1 N–H and O–H groups in total. The Morgan fingerprint density at radius 1 is 1.21 bits per heavy atom. The van der Waals surface area contributed by atoms with Crippen molar-refractivity contribution >= 4 is 10.9 Å². The molecule has 0 saturated carbocycles. The highest BCUT2D eigenvalue weighted by Gasteiger charge is 2.34. The molecule has 6 nitrogen and oxygen atoms in total. The van der Waals surface area contributed by atoms with E-state index in [0.717, 1.165) is 25.5 Å². The van der Waals surface area contributed by atoms with Gasteiger partial charge in [0.1, 0.15) is 5.82 Å². The van der Waals surface area contributed by atoms with E-state index in [-0.39, 0.29) is 11.6 Å². The number of fused-ring (bicyclic) bond motifs is 1. The van der Waals surface area contributed by atoms with Gasteiger partial charge in [-0.15, -0.1) is 0 Å². The minimum Gasteiger partial charge on any atom is -0.310 e. The number of alkyl halides is 3. The first-order valence-corrected chi connectivity index (χ1v) is 9.23. The van der Waals surface area contributed by atoms with Crippen molar-refractivity contribution in [2.75, 3.05) is 19.6 Å². The average molecular weight is 391 g/mol. The SMILES string of the molecule is O=c1[nH]c(CCN2CCCC(n3ccc(C(F)(F)F)n3)C2)nc2ccccc12. The average Bonchev–Trinajstić information content (AvgIpc) is 3.18. The summed E-state index contributed by atoms with van der Waals surface area (Å²) in [6.45, 7) is 2.16. The number of benzene rings is 1. The van der Waals surface area contributed by atoms with E-state index in [0.29, 0.717) is 36.2 Å². The number of aromatic nitrogens is 4. The van der Waals surface area contributed by atoms with E-state index >= 15 is 0 Å². The molecule has 1 aliphatic rings. The number of halogens is 3. The molecule has 1 unspecified atom stereocenters. The van der Waals surface area contributed by atoms with Gasteiger partial charge in [-0.25, -0.2) is 4.98 Å². The number of H-pyrrole nitrogens is 1. The Balaban J connectivity index is 1.42. The number of nitrogens with one attached hydrogen (secondary N) is 1. The van der Waals surface area contributed by atoms with E-state index in [1.165, 1.54) is 10.9 Å². The quantitative estimate of drug-likeness (QED) is 0.743. The third-order valence-corrected chi connectivity index (χ3v) is 5.08. The number of piperidine rings is 1. The number of nitrogens with zero attached hydrogens (tertiary/aromatic N) is 4. The Labute approximate surface area is 159 Å². The second-order valence-electron chi connectivity index (χ2n) is 7.06. The number of hydrogen-bond acceptors (Lipinski definition) is 4. The molecule has 0 aliphatic carbocycles. The van der Waals surface area contributed by atoms with Crippen molar-refractivity contribution in [1.29, 1.82) is 0 Å². The summed E-state index contributed by atoms with van der Waals surface area (Å²) in [5.74, 6) is 0.615. The lowest BCUT2D eigenvalue weighted by atomic mass is 10.1. The fourth-order valence-corrected chi connectivity index (χ4v) is 3.66. The number of hydrogen-bond donors (Lipinski definition) is 1. The second-order valence-corrected chi connectivity index (χ2v) is 7.06. The first-order valence-electron chi connectivity index (χ1n) is 9.23. The second kappa shape index (κ2) is 7.38. The van der Waals surface area contributed by atoms with Crippen LogP contribution in [0.5, 0.6) is 0 Å². The number of rotatable bonds is 4. The molecule has 3 heterocycles. The molecule has 2 aromatic heterocycles. The van der Waals surface area contributed by atoms with Gasteiger partial charge in [-0.1, -0.05) is 12.1 Å². The van der Waals surface area contributed by atoms with Crippen LogP contribution in [0.1, 0.15) is 30.4 Å². The Morgan fingerprint density at radius 3 is 2.82 bits per heavy atom. The molecule has 0 radical (unpaired) electrons. The summed E-state index contributed by atoms with van der Waals surface area (Å²) in [5, 5.41) is 4.27. The van der Waals surface area contributed by atoms with Crippen molar-refractivity contribution in [3.8, 4) is 0 Å². The van der Waals surface area contributed by atoms with Crippen molar-refractivity contribution in [3.05, 3.63) is 58.4 Å². The van der Waals surface area contributed by atoms with E-state index in [9.17, 15) is 18.0 Å². The summed E-state index contributed by atoms with van der Waals surface area (Å²) >= 11 is 0. The van der Waals surface area contributed by atoms with E-state index in [1.54, 1.807) is 18.2 Å². The van der Waals surface area contributed by atoms with Gasteiger partial charge in [-0.05, 0) is 37.6 Å². The molecule has 1 atom stereocenters. The van der Waals surface area contributed by atoms with Gasteiger partial charge in [0.05, 0.1) is 16.9 Å². The molecule has 9 heteroatoms. The third-order valence-electron chi connectivity index (χ3n) is 5.08. The van der Waals surface area contributed by atoms with Crippen molar-refractivity contribution in [2.45, 2.75) is 31.5 Å². The van der Waals surface area contributed by atoms with Gasteiger partial charge in [0.25, 0.3) is 5.56 Å². The van der Waals surface area contributed by atoms with Gasteiger partial charge >= 0.3 is 6.18 Å². The molecular formula is C19H20F3N5O. The van der Waals surface area contributed by atoms with Crippen molar-refractivity contribution in [3.63, 3.8) is 0 Å². The Kier molecular flexibility index (Phi) is 4.92. The molecule has 1 aliphatic heterocycles. The van der Waals surface area contributed by atoms with Crippen LogP contribution in [-0.2, 0) is 12.6 Å². The summed E-state index contributed by atoms with van der Waals surface area (Å²) in [6.07, 6.45) is -0.777. The molecule has 1 saturated heterocycles. The lowest BCUT2D eigenvalue weighted by Gasteiger charge is -2.32. The maximum atomic E-state index is 12.8. The molecular weight excluding hydrogens is 371 g/mol. The van der Waals surface area contributed by atoms with Crippen LogP contribution >= 0.6 is 0 Å². The van der Waals surface area contributed by atoms with Crippen LogP contribution < -0.4 is 5.56 Å². The minimum absolute atomic E-state index is 0.0894. The van der Waals surface area contributed by atoms with Crippen LogP contribution in [-0.4, -0.2) is 44.3 Å². The van der Waals surface area contributed by atoms with Crippen LogP contribution in [0.2, 0.25) is 0 Å². The van der Waals surface area contributed by atoms with E-state index < -0.39 is 11.9 Å². The van der Waals surface area contributed by atoms with Crippen LogP contribution in [0.4, 0.5) is 13.2 Å². The first kappa shape index (κ1) is 18.7. The molecule has 1 fully saturated rings. The van der Waals surface area contributed by atoms with Gasteiger partial charge < -0.3 is 9.88 Å². The minimum atomic E-state index is -4.42. The maximum absolute atomic E-state index is 12.8. The lowest BCUT2D eigenvalue weighted by molar-refractivity contribution is -0.141. The smallest absolute Gasteiger partial charge is 0.310 e. The summed E-state index contributed by atoms with van der Waals surface area (Å²) < 4.78 is 39.7. The number of aromatic amines is 1. The first-order chi connectivity index (χ1) is 13.4. The van der Waals surface area contributed by atoms with Crippen molar-refractivity contribution < 1.29 is 13.2 Å². The fourth-order valence-electron chi connectivity index (χ4n) is 3.66. The zero-order valence-corrected chi connectivity index (χ0v) is 15.1. The lowest BCUT2D eigenvalue weighted by Crippen LogP contribution is -2.38. The zero-order chi connectivity index (χ0) is 19.7. The predicted octanol–water partition coefficient (Wildman–Crippen LogP) is 3.02. The normalized spacial score (nSPS) is 18.6. The monoisotopic (exact) mass is 391 g/mol. The van der Waals surface area contributed by atoms with Gasteiger partial charge in [0, 0.05) is 25.7 Å². The standard InChI is InChI=1S/C19H20F3N5O/c20-19(21,22)16-7-11-27(25-16)13-4-3-9-26(12-13)10-8-17-23-15-6-2-1-5-14(15)18(28)24-17/h1-2,5-7,11,13H,3-4,8-10,12H2,(H,23,24,28). The molecule has 148 valence electrons. The molecule has 4 rings (SSSR count). The summed E-state index contributed by atoms with van der Waals surface area (Å²) in [6, 6.07) is 8.11. The Bertz CT molecular complexity index is 1030. The van der Waals surface area contributed by atoms with E-state index in [4.69, 9.17) is 0 Å². The molecule has 0 amide bonds. The number of para-hydroxylation sites is 1. The largest absolute Gasteiger partial charge is 0.435 e.